The van der Waals surface area contributed by atoms with Gasteiger partial charge in [0.05, 0.1) is 26.4 Å². The number of methoxy groups -OCH3 is 4. The standard InChI is InChI=1S/C29H46N2O4/c1-22-17-26(30(9-13-32-5)10-14-33-6)18-23(2)28(22)21-29-24(3)19-27(20-25(29)4)31(11-15-34-7)12-16-35-8/h17-20H,9-16,21H2,1-8H3. The molecule has 0 aliphatic carbocycles. The van der Waals surface area contributed by atoms with E-state index in [1.807, 2.05) is 0 Å². The molecule has 0 aliphatic heterocycles. The van der Waals surface area contributed by atoms with Crippen molar-refractivity contribution in [2.24, 2.45) is 0 Å². The minimum atomic E-state index is 0.695. The summed E-state index contributed by atoms with van der Waals surface area (Å²) in [5, 5.41) is 0. The van der Waals surface area contributed by atoms with E-state index in [2.05, 4.69) is 61.8 Å². The van der Waals surface area contributed by atoms with Crippen molar-refractivity contribution < 1.29 is 18.9 Å². The van der Waals surface area contributed by atoms with E-state index in [-0.39, 0.29) is 0 Å². The van der Waals surface area contributed by atoms with Crippen LogP contribution < -0.4 is 9.80 Å². The number of aryl methyl sites for hydroxylation is 4. The molecule has 0 heterocycles. The molecule has 0 atom stereocenters. The van der Waals surface area contributed by atoms with Crippen molar-refractivity contribution in [3.63, 3.8) is 0 Å². The Labute approximate surface area is 213 Å². The molecule has 0 fully saturated rings. The molecule has 0 radical (unpaired) electrons. The molecule has 6 heteroatoms. The van der Waals surface area contributed by atoms with E-state index in [1.54, 1.807) is 28.4 Å². The largest absolute Gasteiger partial charge is 0.383 e. The van der Waals surface area contributed by atoms with Crippen molar-refractivity contribution in [3.8, 4) is 0 Å². The fraction of sp³-hybridized carbons (Fsp3) is 0.586. The zero-order chi connectivity index (χ0) is 25.8. The summed E-state index contributed by atoms with van der Waals surface area (Å²) in [4.78, 5) is 4.69. The number of hydrogen-bond donors (Lipinski definition) is 0. The van der Waals surface area contributed by atoms with E-state index in [1.165, 1.54) is 44.8 Å². The van der Waals surface area contributed by atoms with Gasteiger partial charge in [-0.1, -0.05) is 0 Å². The van der Waals surface area contributed by atoms with Crippen molar-refractivity contribution >= 4 is 11.4 Å². The minimum Gasteiger partial charge on any atom is -0.383 e. The number of rotatable bonds is 16. The molecule has 196 valence electrons. The Bertz CT molecular complexity index is 780. The van der Waals surface area contributed by atoms with Crippen LogP contribution in [0.25, 0.3) is 0 Å². The third kappa shape index (κ3) is 8.50. The summed E-state index contributed by atoms with van der Waals surface area (Å²) in [5.74, 6) is 0. The first-order valence-electron chi connectivity index (χ1n) is 12.5. The predicted octanol–water partition coefficient (Wildman–Crippen LogP) is 4.71. The Morgan fingerprint density at radius 2 is 0.743 bits per heavy atom. The highest BCUT2D eigenvalue weighted by atomic mass is 16.5. The predicted molar refractivity (Wildman–Crippen MR) is 147 cm³/mol. The van der Waals surface area contributed by atoms with Crippen molar-refractivity contribution in [2.75, 3.05) is 90.8 Å². The van der Waals surface area contributed by atoms with Crippen LogP contribution in [-0.4, -0.2) is 81.0 Å². The van der Waals surface area contributed by atoms with Crippen LogP contribution in [0.4, 0.5) is 11.4 Å². The van der Waals surface area contributed by atoms with Crippen molar-refractivity contribution in [3.05, 3.63) is 57.6 Å². The lowest BCUT2D eigenvalue weighted by atomic mass is 9.90. The second-order valence-corrected chi connectivity index (χ2v) is 9.24. The number of benzene rings is 2. The zero-order valence-corrected chi connectivity index (χ0v) is 23.2. The van der Waals surface area contributed by atoms with Crippen LogP contribution in [0.5, 0.6) is 0 Å². The molecule has 6 nitrogen and oxygen atoms in total. The van der Waals surface area contributed by atoms with Gasteiger partial charge in [0, 0.05) is 66.0 Å². The summed E-state index contributed by atoms with van der Waals surface area (Å²) in [5.41, 5.74) is 10.6. The van der Waals surface area contributed by atoms with Gasteiger partial charge in [-0.05, 0) is 91.8 Å². The number of hydrogen-bond acceptors (Lipinski definition) is 6. The smallest absolute Gasteiger partial charge is 0.0637 e. The summed E-state index contributed by atoms with van der Waals surface area (Å²) in [6.45, 7) is 15.1. The summed E-state index contributed by atoms with van der Waals surface area (Å²) in [7, 11) is 6.99. The Hall–Kier alpha value is -2.12. The molecule has 0 amide bonds. The van der Waals surface area contributed by atoms with E-state index in [4.69, 9.17) is 18.9 Å². The molecule has 0 spiro atoms. The molecule has 0 saturated carbocycles. The fourth-order valence-corrected chi connectivity index (χ4v) is 4.59. The second-order valence-electron chi connectivity index (χ2n) is 9.24. The maximum atomic E-state index is 5.33. The Morgan fingerprint density at radius 3 is 0.971 bits per heavy atom. The van der Waals surface area contributed by atoms with Crippen LogP contribution in [0.1, 0.15) is 33.4 Å². The minimum absolute atomic E-state index is 0.695. The van der Waals surface area contributed by atoms with Gasteiger partial charge in [-0.25, -0.2) is 0 Å². The molecular weight excluding hydrogens is 440 g/mol. The summed E-state index contributed by atoms with van der Waals surface area (Å²) < 4.78 is 21.3. The number of ether oxygens (including phenoxy) is 4. The lowest BCUT2D eigenvalue weighted by molar-refractivity contribution is 0.190. The SMILES string of the molecule is COCCN(CCOC)c1cc(C)c(Cc2c(C)cc(N(CCOC)CCOC)cc2C)c(C)c1. The van der Waals surface area contributed by atoms with Crippen molar-refractivity contribution in [1.82, 2.24) is 0 Å². The van der Waals surface area contributed by atoms with E-state index in [9.17, 15) is 0 Å². The molecule has 0 N–H and O–H groups in total. The quantitative estimate of drug-likeness (QED) is 0.342. The van der Waals surface area contributed by atoms with Crippen LogP contribution in [0.3, 0.4) is 0 Å². The van der Waals surface area contributed by atoms with Crippen LogP contribution in [0, 0.1) is 27.7 Å². The van der Waals surface area contributed by atoms with E-state index >= 15 is 0 Å². The molecule has 35 heavy (non-hydrogen) atoms. The molecule has 2 rings (SSSR count). The van der Waals surface area contributed by atoms with Crippen molar-refractivity contribution in [2.45, 2.75) is 34.1 Å². The van der Waals surface area contributed by atoms with E-state index in [0.717, 1.165) is 32.6 Å². The molecule has 2 aromatic rings. The molecule has 2 aromatic carbocycles. The number of nitrogens with zero attached hydrogens (tertiary/aromatic N) is 2. The van der Waals surface area contributed by atoms with Crippen LogP contribution in [-0.2, 0) is 25.4 Å². The molecule has 0 bridgehead atoms. The molecule has 0 aliphatic rings. The summed E-state index contributed by atoms with van der Waals surface area (Å²) >= 11 is 0. The van der Waals surface area contributed by atoms with Crippen LogP contribution in [0.2, 0.25) is 0 Å². The van der Waals surface area contributed by atoms with E-state index in [0.29, 0.717) is 26.4 Å². The van der Waals surface area contributed by atoms with Gasteiger partial charge in [0.15, 0.2) is 0 Å². The topological polar surface area (TPSA) is 43.4 Å². The second kappa shape index (κ2) is 15.1. The van der Waals surface area contributed by atoms with Crippen LogP contribution >= 0.6 is 0 Å². The molecule has 0 saturated heterocycles. The van der Waals surface area contributed by atoms with Crippen molar-refractivity contribution in [1.29, 1.82) is 0 Å². The van der Waals surface area contributed by atoms with Crippen LogP contribution in [0.15, 0.2) is 24.3 Å². The van der Waals surface area contributed by atoms with Gasteiger partial charge >= 0.3 is 0 Å². The first-order chi connectivity index (χ1) is 16.9. The van der Waals surface area contributed by atoms with Gasteiger partial charge in [0.2, 0.25) is 0 Å². The first kappa shape index (κ1) is 29.1. The van der Waals surface area contributed by atoms with Gasteiger partial charge in [-0.2, -0.15) is 0 Å². The normalized spacial score (nSPS) is 11.2. The maximum absolute atomic E-state index is 5.33. The average molecular weight is 487 g/mol. The third-order valence-electron chi connectivity index (χ3n) is 6.71. The Kier molecular flexibility index (Phi) is 12.6. The van der Waals surface area contributed by atoms with Gasteiger partial charge in [-0.15, -0.1) is 0 Å². The highest BCUT2D eigenvalue weighted by molar-refractivity contribution is 5.58. The Balaban J connectivity index is 2.31. The average Bonchev–Trinajstić information content (AvgIpc) is 2.82. The van der Waals surface area contributed by atoms with Gasteiger partial charge in [0.1, 0.15) is 0 Å². The lowest BCUT2D eigenvalue weighted by Gasteiger charge is -2.27. The van der Waals surface area contributed by atoms with E-state index < -0.39 is 0 Å². The highest BCUT2D eigenvalue weighted by Crippen LogP contribution is 2.30. The maximum Gasteiger partial charge on any atom is 0.0637 e. The fourth-order valence-electron chi connectivity index (χ4n) is 4.59. The molecule has 0 aromatic heterocycles. The zero-order valence-electron chi connectivity index (χ0n) is 23.2. The highest BCUT2D eigenvalue weighted by Gasteiger charge is 2.15. The Morgan fingerprint density at radius 1 is 0.486 bits per heavy atom. The lowest BCUT2D eigenvalue weighted by Crippen LogP contribution is -2.31. The monoisotopic (exact) mass is 486 g/mol. The summed E-state index contributed by atoms with van der Waals surface area (Å²) in [6.07, 6.45) is 0.933. The summed E-state index contributed by atoms with van der Waals surface area (Å²) in [6, 6.07) is 9.24. The molecule has 0 unspecified atom stereocenters. The molecular formula is C29H46N2O4. The first-order valence-corrected chi connectivity index (χ1v) is 12.5. The van der Waals surface area contributed by atoms with Gasteiger partial charge in [-0.3, -0.25) is 0 Å². The number of anilines is 2. The third-order valence-corrected chi connectivity index (χ3v) is 6.71. The van der Waals surface area contributed by atoms with Gasteiger partial charge in [0.25, 0.3) is 0 Å². The van der Waals surface area contributed by atoms with Gasteiger partial charge < -0.3 is 28.7 Å².